The summed E-state index contributed by atoms with van der Waals surface area (Å²) < 4.78 is 36.3. The fourth-order valence-electron chi connectivity index (χ4n) is 18.0. The maximum atomic E-state index is 15.7. The zero-order valence-electron chi connectivity index (χ0n) is 37.4. The third-order valence-corrected chi connectivity index (χ3v) is 19.4. The average molecular weight is 1010 g/mol. The van der Waals surface area contributed by atoms with Gasteiger partial charge in [-0.1, -0.05) is 73.3 Å². The smallest absolute Gasteiger partial charge is 0.318 e. The number of rotatable bonds is 11. The van der Waals surface area contributed by atoms with Crippen LogP contribution in [0, 0.1) is 81.3 Å². The van der Waals surface area contributed by atoms with Crippen molar-refractivity contribution >= 4 is 35.8 Å². The second-order valence-corrected chi connectivity index (χ2v) is 24.3. The van der Waals surface area contributed by atoms with Crippen LogP contribution in [-0.2, 0) is 57.2 Å². The van der Waals surface area contributed by atoms with Crippen molar-refractivity contribution in [3.8, 4) is 0 Å². The minimum Gasteiger partial charge on any atom is -0.465 e. The van der Waals surface area contributed by atoms with E-state index in [-0.39, 0.29) is 150 Å². The summed E-state index contributed by atoms with van der Waals surface area (Å²) in [4.78, 5) is 85.4. The lowest BCUT2D eigenvalue weighted by Crippen LogP contribution is -2.67. The van der Waals surface area contributed by atoms with Crippen molar-refractivity contribution in [1.29, 1.82) is 0 Å². The standard InChI is InChI=1S/C49H66O14.8CH4/c1-25-30-10-31(33-19-59-38(51)35(30)33)32(25)18-43(3,40(53)62-48-15-27-9-28(16-48)12-45(11-27,21-48)42(55)60-34-7-5-6-8-58-34)20-44(4,36-26(2)37(50)61-39(36)52)41(54)63-49-17-29-13-46(56,23-49)22-47(57,14-29)24-49;;;;;;;;/h25-36,56-57H,5-24H2,1-4H3;8*1H4. The Bertz CT molecular complexity index is 1980. The molecular formula is C57H98O14. The van der Waals surface area contributed by atoms with Crippen LogP contribution < -0.4 is 0 Å². The highest BCUT2D eigenvalue weighted by atomic mass is 16.7. The maximum absolute atomic E-state index is 15.7. The van der Waals surface area contributed by atoms with Gasteiger partial charge in [0.05, 0.1) is 58.4 Å². The van der Waals surface area contributed by atoms with E-state index >= 15 is 9.59 Å². The van der Waals surface area contributed by atoms with E-state index in [0.29, 0.717) is 77.4 Å². The Morgan fingerprint density at radius 1 is 0.676 bits per heavy atom. The summed E-state index contributed by atoms with van der Waals surface area (Å²) in [6, 6.07) is 0. The summed E-state index contributed by atoms with van der Waals surface area (Å²) in [5, 5.41) is 23.3. The molecule has 10 aliphatic carbocycles. The molecule has 0 radical (unpaired) electrons. The van der Waals surface area contributed by atoms with E-state index in [4.69, 9.17) is 28.4 Å². The zero-order valence-corrected chi connectivity index (χ0v) is 37.4. The Morgan fingerprint density at radius 3 is 1.85 bits per heavy atom. The van der Waals surface area contributed by atoms with Crippen molar-refractivity contribution < 1.29 is 67.4 Å². The number of cyclic esters (lactones) is 3. The number of hydrogen-bond donors (Lipinski definition) is 2. The van der Waals surface area contributed by atoms with E-state index in [1.54, 1.807) is 13.8 Å². The molecule has 13 aliphatic rings. The van der Waals surface area contributed by atoms with E-state index in [1.807, 2.05) is 6.92 Å². The molecule has 3 aliphatic heterocycles. The van der Waals surface area contributed by atoms with Gasteiger partial charge in [-0.05, 0) is 139 Å². The molecule has 0 amide bonds. The van der Waals surface area contributed by atoms with Gasteiger partial charge in [-0.25, -0.2) is 0 Å². The van der Waals surface area contributed by atoms with Crippen LogP contribution in [0.4, 0.5) is 0 Å². The molecule has 0 aromatic rings. The first-order valence-electron chi connectivity index (χ1n) is 24.3. The van der Waals surface area contributed by atoms with Crippen LogP contribution >= 0.6 is 0 Å². The molecule has 0 spiro atoms. The molecule has 0 aromatic heterocycles. The minimum absolute atomic E-state index is 0. The number of carbonyl (C=O) groups is 6. The molecule has 3 heterocycles. The van der Waals surface area contributed by atoms with E-state index in [1.165, 1.54) is 0 Å². The number of esters is 6. The molecule has 10 saturated carbocycles. The molecule has 15 unspecified atom stereocenters. The van der Waals surface area contributed by atoms with Crippen molar-refractivity contribution in [2.45, 2.75) is 231 Å². The first-order chi connectivity index (χ1) is 29.7. The van der Waals surface area contributed by atoms with Crippen LogP contribution in [0.5, 0.6) is 0 Å². The fourth-order valence-corrected chi connectivity index (χ4v) is 18.0. The van der Waals surface area contributed by atoms with E-state index < -0.39 is 80.7 Å². The monoisotopic (exact) mass is 1010 g/mol. The Hall–Kier alpha value is -3.10. The average Bonchev–Trinajstić information content (AvgIpc) is 3.90. The lowest BCUT2D eigenvalue weighted by atomic mass is 9.47. The number of carbonyl (C=O) groups excluding carboxylic acids is 6. The van der Waals surface area contributed by atoms with Crippen LogP contribution in [0.2, 0.25) is 0 Å². The van der Waals surface area contributed by atoms with Crippen molar-refractivity contribution in [3.63, 3.8) is 0 Å². The van der Waals surface area contributed by atoms with Gasteiger partial charge in [0.15, 0.2) is 0 Å². The Kier molecular flexibility index (Phi) is 18.0. The van der Waals surface area contributed by atoms with Crippen LogP contribution in [0.3, 0.4) is 0 Å². The second-order valence-electron chi connectivity index (χ2n) is 24.3. The SMILES string of the molecule is C.C.C.C.C.C.C.C.CC1C(=O)OC(=O)C1C(C)(CC(C)(CC1C(C)C2CC1C1COC(=O)C21)C(=O)OC12CC3CC(C1)CC(C(=O)OC1CCCCO1)(C3)C2)C(=O)OC12CC3CC(O)(CC(O)(C3)C1)C2. The van der Waals surface area contributed by atoms with Gasteiger partial charge in [0.1, 0.15) is 11.2 Å². The first kappa shape index (κ1) is 62.2. The Labute approximate surface area is 427 Å². The third-order valence-electron chi connectivity index (χ3n) is 19.4. The Morgan fingerprint density at radius 2 is 1.28 bits per heavy atom. The van der Waals surface area contributed by atoms with Crippen molar-refractivity contribution in [2.75, 3.05) is 13.2 Å². The van der Waals surface area contributed by atoms with Gasteiger partial charge in [-0.3, -0.25) is 28.8 Å². The maximum Gasteiger partial charge on any atom is 0.318 e. The van der Waals surface area contributed by atoms with Gasteiger partial charge >= 0.3 is 35.8 Å². The van der Waals surface area contributed by atoms with Crippen LogP contribution in [0.15, 0.2) is 0 Å². The largest absolute Gasteiger partial charge is 0.465 e. The van der Waals surface area contributed by atoms with Crippen LogP contribution in [0.25, 0.3) is 0 Å². The highest BCUT2D eigenvalue weighted by molar-refractivity contribution is 6.00. The number of fused-ring (bicyclic) bond motifs is 5. The predicted molar refractivity (Wildman–Crippen MR) is 271 cm³/mol. The van der Waals surface area contributed by atoms with Crippen molar-refractivity contribution in [2.24, 2.45) is 81.3 Å². The highest BCUT2D eigenvalue weighted by Crippen LogP contribution is 2.67. The summed E-state index contributed by atoms with van der Waals surface area (Å²) in [5.74, 6) is -5.32. The van der Waals surface area contributed by atoms with Gasteiger partial charge in [0.2, 0.25) is 6.29 Å². The first-order valence-corrected chi connectivity index (χ1v) is 24.3. The normalized spacial score (nSPS) is 44.7. The lowest BCUT2D eigenvalue weighted by molar-refractivity contribution is -0.266. The Balaban J connectivity index is 0.00000167. The van der Waals surface area contributed by atoms with Gasteiger partial charge in [0.25, 0.3) is 0 Å². The molecule has 0 aromatic carbocycles. The van der Waals surface area contributed by atoms with E-state index in [9.17, 15) is 29.4 Å². The summed E-state index contributed by atoms with van der Waals surface area (Å²) in [6.07, 6.45) is 8.67. The van der Waals surface area contributed by atoms with Gasteiger partial charge in [0, 0.05) is 38.0 Å². The molecular weight excluding hydrogens is 909 g/mol. The fraction of sp³-hybridized carbons (Fsp3) is 0.895. The topological polar surface area (TPSA) is 198 Å². The van der Waals surface area contributed by atoms with Crippen molar-refractivity contribution in [3.05, 3.63) is 0 Å². The van der Waals surface area contributed by atoms with Gasteiger partial charge < -0.3 is 38.6 Å². The second kappa shape index (κ2) is 20.6. The zero-order chi connectivity index (χ0) is 44.3. The lowest BCUT2D eigenvalue weighted by Gasteiger charge is -2.62. The molecule has 10 bridgehead atoms. The molecule has 13 fully saturated rings. The molecule has 71 heavy (non-hydrogen) atoms. The highest BCUT2D eigenvalue weighted by Gasteiger charge is 2.69. The number of aliphatic hydroxyl groups is 2. The van der Waals surface area contributed by atoms with Gasteiger partial charge in [-0.2, -0.15) is 0 Å². The molecule has 14 heteroatoms. The molecule has 13 rings (SSSR count). The number of hydrogen-bond acceptors (Lipinski definition) is 14. The van der Waals surface area contributed by atoms with Gasteiger partial charge in [-0.15, -0.1) is 0 Å². The number of ether oxygens (including phenoxy) is 6. The van der Waals surface area contributed by atoms with E-state index in [2.05, 4.69) is 6.92 Å². The van der Waals surface area contributed by atoms with Crippen LogP contribution in [0.1, 0.15) is 203 Å². The molecule has 15 atom stereocenters. The third kappa shape index (κ3) is 9.76. The predicted octanol–water partition coefficient (Wildman–Crippen LogP) is 10.6. The van der Waals surface area contributed by atoms with Crippen molar-refractivity contribution in [1.82, 2.24) is 0 Å². The summed E-state index contributed by atoms with van der Waals surface area (Å²) in [5.41, 5.74) is -8.56. The summed E-state index contributed by atoms with van der Waals surface area (Å²) in [6.45, 7) is 8.02. The minimum atomic E-state index is -1.78. The summed E-state index contributed by atoms with van der Waals surface area (Å²) >= 11 is 0. The van der Waals surface area contributed by atoms with Crippen LogP contribution in [-0.4, -0.2) is 87.9 Å². The molecule has 410 valence electrons. The molecule has 3 saturated heterocycles. The summed E-state index contributed by atoms with van der Waals surface area (Å²) in [7, 11) is 0. The molecule has 2 N–H and O–H groups in total. The van der Waals surface area contributed by atoms with E-state index in [0.717, 1.165) is 25.7 Å². The quantitative estimate of drug-likeness (QED) is 0.113. The molecule has 14 nitrogen and oxygen atoms in total.